The Kier molecular flexibility index (Phi) is 11.2. The molecule has 3 rings (SSSR count). The smallest absolute Gasteiger partial charge is 0.264 e. The number of nitrogens with one attached hydrogen (secondary N) is 1. The van der Waals surface area contributed by atoms with Crippen molar-refractivity contribution >= 4 is 39.1 Å². The van der Waals surface area contributed by atoms with Crippen LogP contribution in [-0.4, -0.2) is 50.9 Å². The van der Waals surface area contributed by atoms with Gasteiger partial charge >= 0.3 is 0 Å². The molecule has 0 heterocycles. The number of amides is 2. The number of sulfonamides is 1. The van der Waals surface area contributed by atoms with Gasteiger partial charge < -0.3 is 15.0 Å². The van der Waals surface area contributed by atoms with Gasteiger partial charge in [-0.2, -0.15) is 0 Å². The molecule has 41 heavy (non-hydrogen) atoms. The minimum absolute atomic E-state index is 0.0116. The summed E-state index contributed by atoms with van der Waals surface area (Å²) in [4.78, 5) is 28.9. The highest BCUT2D eigenvalue weighted by Crippen LogP contribution is 2.26. The lowest BCUT2D eigenvalue weighted by Crippen LogP contribution is -2.53. The molecule has 0 spiro atoms. The number of rotatable bonds is 13. The Bertz CT molecular complexity index is 1410. The zero-order valence-corrected chi connectivity index (χ0v) is 25.7. The van der Waals surface area contributed by atoms with Gasteiger partial charge in [0.25, 0.3) is 10.0 Å². The molecule has 8 nitrogen and oxygen atoms in total. The summed E-state index contributed by atoms with van der Waals surface area (Å²) >= 11 is 6.07. The van der Waals surface area contributed by atoms with Crippen LogP contribution in [0, 0.1) is 6.92 Å². The molecular formula is C31H38ClN3O5S. The fourth-order valence-electron chi connectivity index (χ4n) is 4.26. The Morgan fingerprint density at radius 1 is 0.927 bits per heavy atom. The molecule has 0 radical (unpaired) electrons. The van der Waals surface area contributed by atoms with Gasteiger partial charge in [0.1, 0.15) is 18.3 Å². The lowest BCUT2D eigenvalue weighted by molar-refractivity contribution is -0.140. The molecule has 0 aromatic heterocycles. The SMILES string of the molecule is CC[C@@H](C)NC(=O)[C@@H](CC)N(Cc1ccc(Cl)cc1)C(=O)CN(c1ccc(C)cc1)S(=O)(=O)c1ccc(OC)cc1. The van der Waals surface area contributed by atoms with Gasteiger partial charge in [0, 0.05) is 17.6 Å². The summed E-state index contributed by atoms with van der Waals surface area (Å²) in [6.07, 6.45) is 1.08. The first-order chi connectivity index (χ1) is 19.5. The number of nitrogens with zero attached hydrogens (tertiary/aromatic N) is 2. The number of carbonyl (C=O) groups excluding carboxylic acids is 2. The molecule has 0 unspecified atom stereocenters. The summed E-state index contributed by atoms with van der Waals surface area (Å²) in [7, 11) is -2.66. The summed E-state index contributed by atoms with van der Waals surface area (Å²) in [5.41, 5.74) is 2.04. The number of methoxy groups -OCH3 is 1. The van der Waals surface area contributed by atoms with Crippen molar-refractivity contribution < 1.29 is 22.7 Å². The monoisotopic (exact) mass is 599 g/mol. The van der Waals surface area contributed by atoms with E-state index in [-0.39, 0.29) is 23.4 Å². The normalized spacial score (nSPS) is 12.7. The van der Waals surface area contributed by atoms with Crippen molar-refractivity contribution in [1.29, 1.82) is 0 Å². The lowest BCUT2D eigenvalue weighted by Gasteiger charge is -2.33. The maximum atomic E-state index is 14.1. The van der Waals surface area contributed by atoms with E-state index in [4.69, 9.17) is 16.3 Å². The van der Waals surface area contributed by atoms with Gasteiger partial charge in [-0.25, -0.2) is 8.42 Å². The number of ether oxygens (including phenoxy) is 1. The van der Waals surface area contributed by atoms with Crippen LogP contribution in [0.1, 0.15) is 44.7 Å². The Morgan fingerprint density at radius 3 is 2.07 bits per heavy atom. The highest BCUT2D eigenvalue weighted by Gasteiger charge is 2.34. The van der Waals surface area contributed by atoms with Crippen LogP contribution < -0.4 is 14.4 Å². The number of hydrogen-bond donors (Lipinski definition) is 1. The summed E-state index contributed by atoms with van der Waals surface area (Å²) in [6.45, 7) is 7.19. The van der Waals surface area contributed by atoms with Crippen LogP contribution in [0.5, 0.6) is 5.75 Å². The van der Waals surface area contributed by atoms with Gasteiger partial charge in [0.15, 0.2) is 0 Å². The van der Waals surface area contributed by atoms with Crippen LogP contribution in [0.25, 0.3) is 0 Å². The van der Waals surface area contributed by atoms with Crippen molar-refractivity contribution in [2.75, 3.05) is 18.0 Å². The average Bonchev–Trinajstić information content (AvgIpc) is 2.97. The molecule has 3 aromatic rings. The number of anilines is 1. The van der Waals surface area contributed by atoms with Gasteiger partial charge in [-0.1, -0.05) is 55.3 Å². The zero-order chi connectivity index (χ0) is 30.2. The van der Waals surface area contributed by atoms with Crippen molar-refractivity contribution in [2.45, 2.75) is 64.1 Å². The maximum absolute atomic E-state index is 14.1. The van der Waals surface area contributed by atoms with E-state index in [0.717, 1.165) is 21.9 Å². The third-order valence-corrected chi connectivity index (χ3v) is 8.94. The number of hydrogen-bond acceptors (Lipinski definition) is 5. The number of halogens is 1. The average molecular weight is 600 g/mol. The molecule has 0 fully saturated rings. The quantitative estimate of drug-likeness (QED) is 0.277. The standard InChI is InChI=1S/C31H38ClN3O5S/c1-6-23(4)33-31(37)29(7-2)34(20-24-10-12-25(32)13-11-24)30(36)21-35(26-14-8-22(3)9-15-26)41(38,39)28-18-16-27(40-5)17-19-28/h8-19,23,29H,6-7,20-21H2,1-5H3,(H,33,37)/t23-,29-/m1/s1. The van der Waals surface area contributed by atoms with Gasteiger partial charge in [-0.15, -0.1) is 0 Å². The molecule has 0 aliphatic heterocycles. The Morgan fingerprint density at radius 2 is 1.54 bits per heavy atom. The van der Waals surface area contributed by atoms with E-state index in [0.29, 0.717) is 22.9 Å². The summed E-state index contributed by atoms with van der Waals surface area (Å²) in [5.74, 6) is -0.290. The molecule has 220 valence electrons. The molecule has 0 aliphatic carbocycles. The molecular weight excluding hydrogens is 562 g/mol. The zero-order valence-electron chi connectivity index (χ0n) is 24.1. The van der Waals surface area contributed by atoms with Crippen LogP contribution in [-0.2, 0) is 26.2 Å². The number of aryl methyl sites for hydroxylation is 1. The van der Waals surface area contributed by atoms with Crippen LogP contribution in [0.3, 0.4) is 0 Å². The van der Waals surface area contributed by atoms with Crippen LogP contribution in [0.2, 0.25) is 5.02 Å². The van der Waals surface area contributed by atoms with Crippen molar-refractivity contribution in [2.24, 2.45) is 0 Å². The lowest BCUT2D eigenvalue weighted by atomic mass is 10.1. The topological polar surface area (TPSA) is 96.0 Å². The highest BCUT2D eigenvalue weighted by atomic mass is 35.5. The first-order valence-corrected chi connectivity index (χ1v) is 15.4. The second-order valence-corrected chi connectivity index (χ2v) is 12.2. The van der Waals surface area contributed by atoms with Gasteiger partial charge in [-0.05, 0) is 80.8 Å². The van der Waals surface area contributed by atoms with Gasteiger partial charge in [0.05, 0.1) is 17.7 Å². The van der Waals surface area contributed by atoms with E-state index in [9.17, 15) is 18.0 Å². The third-order valence-electron chi connectivity index (χ3n) is 6.90. The van der Waals surface area contributed by atoms with Crippen LogP contribution in [0.15, 0.2) is 77.7 Å². The first-order valence-electron chi connectivity index (χ1n) is 13.6. The first kappa shape index (κ1) is 32.0. The predicted molar refractivity (Wildman–Crippen MR) is 163 cm³/mol. The number of benzene rings is 3. The van der Waals surface area contributed by atoms with E-state index >= 15 is 0 Å². The molecule has 0 saturated heterocycles. The summed E-state index contributed by atoms with van der Waals surface area (Å²) in [6, 6.07) is 19.0. The second-order valence-electron chi connectivity index (χ2n) is 9.91. The highest BCUT2D eigenvalue weighted by molar-refractivity contribution is 7.92. The minimum Gasteiger partial charge on any atom is -0.497 e. The molecule has 1 N–H and O–H groups in total. The van der Waals surface area contributed by atoms with E-state index in [1.165, 1.54) is 24.1 Å². The largest absolute Gasteiger partial charge is 0.497 e. The van der Waals surface area contributed by atoms with Crippen LogP contribution >= 0.6 is 11.6 Å². The van der Waals surface area contributed by atoms with Gasteiger partial charge in [-0.3, -0.25) is 13.9 Å². The molecule has 10 heteroatoms. The van der Waals surface area contributed by atoms with E-state index < -0.39 is 28.5 Å². The van der Waals surface area contributed by atoms with Gasteiger partial charge in [0.2, 0.25) is 11.8 Å². The predicted octanol–water partition coefficient (Wildman–Crippen LogP) is 5.57. The minimum atomic E-state index is -4.16. The Balaban J connectivity index is 2.05. The second kappa shape index (κ2) is 14.4. The Labute approximate surface area is 248 Å². The van der Waals surface area contributed by atoms with E-state index in [1.807, 2.05) is 27.7 Å². The fourth-order valence-corrected chi connectivity index (χ4v) is 5.80. The van der Waals surface area contributed by atoms with Crippen molar-refractivity contribution in [3.8, 4) is 5.75 Å². The molecule has 2 atom stereocenters. The maximum Gasteiger partial charge on any atom is 0.264 e. The van der Waals surface area contributed by atoms with Crippen molar-refractivity contribution in [3.05, 3.63) is 88.9 Å². The van der Waals surface area contributed by atoms with E-state index in [1.54, 1.807) is 60.7 Å². The molecule has 0 aliphatic rings. The Hall–Kier alpha value is -3.56. The molecule has 0 saturated carbocycles. The summed E-state index contributed by atoms with van der Waals surface area (Å²) < 4.78 is 34.2. The van der Waals surface area contributed by atoms with Crippen molar-refractivity contribution in [1.82, 2.24) is 10.2 Å². The number of carbonyl (C=O) groups is 2. The van der Waals surface area contributed by atoms with Crippen molar-refractivity contribution in [3.63, 3.8) is 0 Å². The third kappa shape index (κ3) is 8.24. The molecule has 3 aromatic carbocycles. The van der Waals surface area contributed by atoms with Crippen LogP contribution in [0.4, 0.5) is 5.69 Å². The van der Waals surface area contributed by atoms with E-state index in [2.05, 4.69) is 5.32 Å². The molecule has 2 amide bonds. The molecule has 0 bridgehead atoms. The fraction of sp³-hybridized carbons (Fsp3) is 0.355. The summed E-state index contributed by atoms with van der Waals surface area (Å²) in [5, 5.41) is 3.52.